The molecule has 0 aliphatic carbocycles. The molecule has 0 saturated heterocycles. The van der Waals surface area contributed by atoms with Gasteiger partial charge in [-0.1, -0.05) is 19.8 Å². The summed E-state index contributed by atoms with van der Waals surface area (Å²) in [7, 11) is 0. The van der Waals surface area contributed by atoms with E-state index >= 15 is 0 Å². The first-order valence-electron chi connectivity index (χ1n) is 11.3. The van der Waals surface area contributed by atoms with Gasteiger partial charge in [-0.3, -0.25) is 24.2 Å². The number of carboxylic acid groups (broad SMARTS) is 1. The van der Waals surface area contributed by atoms with Crippen LogP contribution in [0.4, 0.5) is 11.6 Å². The van der Waals surface area contributed by atoms with Crippen molar-refractivity contribution >= 4 is 41.1 Å². The van der Waals surface area contributed by atoms with Gasteiger partial charge in [-0.05, 0) is 30.7 Å². The van der Waals surface area contributed by atoms with Crippen molar-refractivity contribution in [1.82, 2.24) is 30.6 Å². The van der Waals surface area contributed by atoms with E-state index in [4.69, 9.17) is 22.1 Å². The number of nitrogens with two attached hydrogens (primary N) is 1. The van der Waals surface area contributed by atoms with E-state index in [9.17, 15) is 14.4 Å². The average Bonchev–Trinajstić information content (AvgIpc) is 2.90. The molecular formula is C24H30N8O5. The van der Waals surface area contributed by atoms with Crippen LogP contribution in [-0.4, -0.2) is 56.4 Å². The Bertz CT molecular complexity index is 1270. The lowest BCUT2D eigenvalue weighted by atomic mass is 10.2. The van der Waals surface area contributed by atoms with Crippen LogP contribution in [0, 0.1) is 12.3 Å². The number of aromatic nitrogens is 4. The summed E-state index contributed by atoms with van der Waals surface area (Å²) in [5.41, 5.74) is 7.13. The number of hydrogen-bond acceptors (Lipinski definition) is 9. The first-order valence-corrected chi connectivity index (χ1v) is 11.3. The summed E-state index contributed by atoms with van der Waals surface area (Å²) in [6, 6.07) is 6.87. The number of amides is 2. The molecule has 13 nitrogen and oxygen atoms in total. The molecule has 3 aromatic rings. The van der Waals surface area contributed by atoms with Gasteiger partial charge in [0.1, 0.15) is 0 Å². The van der Waals surface area contributed by atoms with E-state index in [1.54, 1.807) is 24.3 Å². The number of carbonyl (C=O) groups is 3. The van der Waals surface area contributed by atoms with E-state index < -0.39 is 5.56 Å². The molecule has 0 aliphatic rings. The Morgan fingerprint density at radius 1 is 1.19 bits per heavy atom. The van der Waals surface area contributed by atoms with Crippen LogP contribution in [0.25, 0.3) is 11.2 Å². The Morgan fingerprint density at radius 2 is 1.86 bits per heavy atom. The van der Waals surface area contributed by atoms with Crippen LogP contribution < -0.4 is 27.2 Å². The molecule has 2 aromatic heterocycles. The number of nitrogens with zero attached hydrogens (tertiary/aromatic N) is 3. The maximum absolute atomic E-state index is 12.2. The van der Waals surface area contributed by atoms with Crippen LogP contribution in [0.3, 0.4) is 0 Å². The highest BCUT2D eigenvalue weighted by molar-refractivity contribution is 5.94. The summed E-state index contributed by atoms with van der Waals surface area (Å²) in [6.45, 7) is 4.65. The molecule has 0 bridgehead atoms. The van der Waals surface area contributed by atoms with Gasteiger partial charge < -0.3 is 26.8 Å². The number of aromatic amines is 1. The minimum absolute atomic E-state index is 0.0163. The highest BCUT2D eigenvalue weighted by Gasteiger charge is 2.08. The van der Waals surface area contributed by atoms with Crippen molar-refractivity contribution in [3.8, 4) is 12.3 Å². The zero-order valence-electron chi connectivity index (χ0n) is 20.6. The molecule has 0 aliphatic heterocycles. The van der Waals surface area contributed by atoms with Crippen LogP contribution in [0.1, 0.15) is 42.7 Å². The smallest absolute Gasteiger partial charge is 0.290 e. The number of fused-ring (bicyclic) bond motifs is 1. The lowest BCUT2D eigenvalue weighted by Crippen LogP contribution is -2.27. The number of rotatable bonds is 9. The van der Waals surface area contributed by atoms with Gasteiger partial charge in [0.15, 0.2) is 11.2 Å². The Labute approximate surface area is 213 Å². The quantitative estimate of drug-likeness (QED) is 0.136. The molecule has 1 aromatic carbocycles. The van der Waals surface area contributed by atoms with Crippen molar-refractivity contribution in [1.29, 1.82) is 0 Å². The summed E-state index contributed by atoms with van der Waals surface area (Å²) in [5.74, 6) is 1.94. The number of nitrogens with one attached hydrogen (secondary N) is 4. The molecule has 2 heterocycles. The van der Waals surface area contributed by atoms with Crippen LogP contribution >= 0.6 is 0 Å². The lowest BCUT2D eigenvalue weighted by Gasteiger charge is -2.08. The maximum atomic E-state index is 12.2. The van der Waals surface area contributed by atoms with Crippen LogP contribution in [-0.2, 0) is 16.1 Å². The Balaban J connectivity index is 0.00000127. The fourth-order valence-corrected chi connectivity index (χ4v) is 2.78. The number of benzene rings is 1. The van der Waals surface area contributed by atoms with Crippen molar-refractivity contribution in [2.75, 3.05) is 24.1 Å². The largest absolute Gasteiger partial charge is 0.483 e. The van der Waals surface area contributed by atoms with Crippen molar-refractivity contribution < 1.29 is 19.5 Å². The standard InChI is InChI=1S/C21H22N8O3.C2H6.CH2O2/c1-2-9-23-16(30)4-3-10-24-19(31)13-5-7-14(8-6-13)25-11-15-12-26-18-17(27-15)20(32)29-21(22)28-18;1-2;2-1-3/h1,5-8,12,25H,3-4,9-11H2,(H,23,30)(H,24,31)(H3,22,26,28,29,32);1-2H3;1H,(H,2,3). The van der Waals surface area contributed by atoms with E-state index in [1.807, 2.05) is 13.8 Å². The topological polar surface area (TPSA) is 205 Å². The number of H-pyrrole nitrogens is 1. The van der Waals surface area contributed by atoms with E-state index in [0.29, 0.717) is 30.8 Å². The molecule has 0 saturated carbocycles. The van der Waals surface area contributed by atoms with Crippen LogP contribution in [0.5, 0.6) is 0 Å². The Morgan fingerprint density at radius 3 is 2.51 bits per heavy atom. The van der Waals surface area contributed by atoms with E-state index in [-0.39, 0.29) is 48.4 Å². The molecule has 0 fully saturated rings. The van der Waals surface area contributed by atoms with E-state index in [2.05, 4.69) is 41.8 Å². The van der Waals surface area contributed by atoms with Crippen molar-refractivity contribution in [3.05, 3.63) is 52.1 Å². The van der Waals surface area contributed by atoms with Crippen molar-refractivity contribution in [2.24, 2.45) is 0 Å². The summed E-state index contributed by atoms with van der Waals surface area (Å²) in [5, 5.41) is 15.4. The highest BCUT2D eigenvalue weighted by Crippen LogP contribution is 2.11. The van der Waals surface area contributed by atoms with Gasteiger partial charge in [0.05, 0.1) is 25.0 Å². The average molecular weight is 511 g/mol. The summed E-state index contributed by atoms with van der Waals surface area (Å²) in [6.07, 6.45) is 7.39. The number of nitrogen functional groups attached to an aromatic ring is 1. The number of anilines is 2. The first-order chi connectivity index (χ1) is 17.9. The van der Waals surface area contributed by atoms with Gasteiger partial charge in [0.2, 0.25) is 11.9 Å². The molecular weight excluding hydrogens is 480 g/mol. The first kappa shape index (κ1) is 30.0. The van der Waals surface area contributed by atoms with Gasteiger partial charge >= 0.3 is 0 Å². The third-order valence-electron chi connectivity index (χ3n) is 4.36. The second-order valence-electron chi connectivity index (χ2n) is 6.86. The van der Waals surface area contributed by atoms with Gasteiger partial charge in [-0.2, -0.15) is 4.98 Å². The Hall–Kier alpha value is -4.99. The molecule has 0 radical (unpaired) electrons. The summed E-state index contributed by atoms with van der Waals surface area (Å²) >= 11 is 0. The van der Waals surface area contributed by atoms with Gasteiger partial charge in [-0.15, -0.1) is 6.42 Å². The normalized spacial score (nSPS) is 9.43. The van der Waals surface area contributed by atoms with Gasteiger partial charge in [0.25, 0.3) is 17.9 Å². The zero-order chi connectivity index (χ0) is 27.6. The molecule has 3 rings (SSSR count). The maximum Gasteiger partial charge on any atom is 0.290 e. The van der Waals surface area contributed by atoms with E-state index in [1.165, 1.54) is 6.20 Å². The van der Waals surface area contributed by atoms with Crippen molar-refractivity contribution in [2.45, 2.75) is 33.2 Å². The molecule has 196 valence electrons. The number of terminal acetylenes is 1. The minimum Gasteiger partial charge on any atom is -0.483 e. The van der Waals surface area contributed by atoms with Crippen LogP contribution in [0.2, 0.25) is 0 Å². The fourth-order valence-electron chi connectivity index (χ4n) is 2.78. The molecule has 0 spiro atoms. The van der Waals surface area contributed by atoms with Gasteiger partial charge in [-0.25, -0.2) is 9.97 Å². The molecule has 0 atom stereocenters. The molecule has 2 amide bonds. The molecule has 0 unspecified atom stereocenters. The minimum atomic E-state index is -0.453. The third-order valence-corrected chi connectivity index (χ3v) is 4.36. The Kier molecular flexibility index (Phi) is 13.5. The predicted molar refractivity (Wildman–Crippen MR) is 140 cm³/mol. The molecule has 13 heteroatoms. The lowest BCUT2D eigenvalue weighted by molar-refractivity contribution is -0.123. The second-order valence-corrected chi connectivity index (χ2v) is 6.86. The summed E-state index contributed by atoms with van der Waals surface area (Å²) < 4.78 is 0. The van der Waals surface area contributed by atoms with Crippen LogP contribution in [0.15, 0.2) is 35.3 Å². The fraction of sp³-hybridized carbons (Fsp3) is 0.292. The molecule has 7 N–H and O–H groups in total. The van der Waals surface area contributed by atoms with Gasteiger partial charge in [0, 0.05) is 24.2 Å². The monoisotopic (exact) mass is 510 g/mol. The predicted octanol–water partition coefficient (Wildman–Crippen LogP) is 0.894. The third kappa shape index (κ3) is 10.4. The van der Waals surface area contributed by atoms with E-state index in [0.717, 1.165) is 5.69 Å². The SMILES string of the molecule is C#CCNC(=O)CCCNC(=O)c1ccc(NCc2cnc3nc(N)[nH]c(=O)c3n2)cc1.CC.O=CO. The second kappa shape index (κ2) is 16.6. The summed E-state index contributed by atoms with van der Waals surface area (Å²) in [4.78, 5) is 58.6. The molecule has 37 heavy (non-hydrogen) atoms. The highest BCUT2D eigenvalue weighted by atomic mass is 16.3. The number of hydrogen-bond donors (Lipinski definition) is 6. The number of carbonyl (C=O) groups excluding carboxylic acids is 2. The zero-order valence-corrected chi connectivity index (χ0v) is 20.6. The van der Waals surface area contributed by atoms with Crippen molar-refractivity contribution in [3.63, 3.8) is 0 Å².